The van der Waals surface area contributed by atoms with E-state index in [1.54, 1.807) is 6.26 Å². The Labute approximate surface area is 157 Å². The number of hydrogen-bond donors (Lipinski definition) is 3. The molecule has 0 aliphatic rings. The van der Waals surface area contributed by atoms with Crippen LogP contribution in [0.1, 0.15) is 18.2 Å². The molecule has 1 aromatic carbocycles. The van der Waals surface area contributed by atoms with E-state index in [1.807, 2.05) is 55.4 Å². The van der Waals surface area contributed by atoms with E-state index in [4.69, 9.17) is 10.2 Å². The molecule has 26 heavy (non-hydrogen) atoms. The van der Waals surface area contributed by atoms with E-state index in [9.17, 15) is 9.59 Å². The maximum Gasteiger partial charge on any atom is 0.319 e. The summed E-state index contributed by atoms with van der Waals surface area (Å²) < 4.78 is 5.44. The third-order valence-corrected chi connectivity index (χ3v) is 4.77. The van der Waals surface area contributed by atoms with Crippen molar-refractivity contribution in [1.82, 2.24) is 10.2 Å². The SMILES string of the molecule is CN(C)C(CNC(=O)Nc1ccccc1SCCC(N)=O)c1ccco1. The largest absolute Gasteiger partial charge is 0.468 e. The molecule has 8 heteroatoms. The van der Waals surface area contributed by atoms with E-state index in [0.29, 0.717) is 24.4 Å². The highest BCUT2D eigenvalue weighted by atomic mass is 32.2. The molecule has 0 aliphatic heterocycles. The monoisotopic (exact) mass is 376 g/mol. The van der Waals surface area contributed by atoms with Gasteiger partial charge in [0.1, 0.15) is 5.76 Å². The van der Waals surface area contributed by atoms with Gasteiger partial charge in [-0.05, 0) is 38.4 Å². The number of nitrogens with one attached hydrogen (secondary N) is 2. The lowest BCUT2D eigenvalue weighted by Crippen LogP contribution is -2.36. The topological polar surface area (TPSA) is 101 Å². The van der Waals surface area contributed by atoms with E-state index in [-0.39, 0.29) is 18.0 Å². The molecule has 0 aliphatic carbocycles. The van der Waals surface area contributed by atoms with Gasteiger partial charge in [0.2, 0.25) is 5.91 Å². The summed E-state index contributed by atoms with van der Waals surface area (Å²) >= 11 is 1.48. The molecule has 4 N–H and O–H groups in total. The average Bonchev–Trinajstić information content (AvgIpc) is 3.10. The average molecular weight is 376 g/mol. The fourth-order valence-electron chi connectivity index (χ4n) is 2.33. The summed E-state index contributed by atoms with van der Waals surface area (Å²) in [6.45, 7) is 0.406. The van der Waals surface area contributed by atoms with Gasteiger partial charge >= 0.3 is 6.03 Å². The van der Waals surface area contributed by atoms with Crippen LogP contribution in [0.3, 0.4) is 0 Å². The Morgan fingerprint density at radius 1 is 1.23 bits per heavy atom. The van der Waals surface area contributed by atoms with Crippen molar-refractivity contribution in [3.05, 3.63) is 48.4 Å². The molecule has 2 rings (SSSR count). The van der Waals surface area contributed by atoms with Gasteiger partial charge in [0.05, 0.1) is 18.0 Å². The number of urea groups is 1. The lowest BCUT2D eigenvalue weighted by atomic mass is 10.2. The number of primary amides is 1. The van der Waals surface area contributed by atoms with Crippen LogP contribution in [0.25, 0.3) is 0 Å². The van der Waals surface area contributed by atoms with Gasteiger partial charge in [0, 0.05) is 23.6 Å². The predicted octanol–water partition coefficient (Wildman–Crippen LogP) is 2.67. The van der Waals surface area contributed by atoms with Crippen molar-refractivity contribution in [2.24, 2.45) is 5.73 Å². The van der Waals surface area contributed by atoms with Gasteiger partial charge in [0.15, 0.2) is 0 Å². The fraction of sp³-hybridized carbons (Fsp3) is 0.333. The molecule has 1 atom stereocenters. The first-order chi connectivity index (χ1) is 12.5. The number of hydrogen-bond acceptors (Lipinski definition) is 5. The Kier molecular flexibility index (Phi) is 7.55. The molecule has 140 valence electrons. The van der Waals surface area contributed by atoms with E-state index < -0.39 is 0 Å². The third-order valence-electron chi connectivity index (χ3n) is 3.69. The first kappa shape index (κ1) is 19.9. The van der Waals surface area contributed by atoms with Crippen LogP contribution in [-0.2, 0) is 4.79 Å². The number of carbonyl (C=O) groups excluding carboxylic acids is 2. The molecule has 0 spiro atoms. The summed E-state index contributed by atoms with van der Waals surface area (Å²) in [6.07, 6.45) is 1.91. The zero-order valence-electron chi connectivity index (χ0n) is 14.9. The van der Waals surface area contributed by atoms with E-state index >= 15 is 0 Å². The normalized spacial score (nSPS) is 12.0. The van der Waals surface area contributed by atoms with Crippen molar-refractivity contribution in [2.75, 3.05) is 31.7 Å². The number of nitrogens with zero attached hydrogens (tertiary/aromatic N) is 1. The second-order valence-corrected chi connectivity index (χ2v) is 7.03. The van der Waals surface area contributed by atoms with Gasteiger partial charge in [-0.3, -0.25) is 9.69 Å². The predicted molar refractivity (Wildman–Crippen MR) is 103 cm³/mol. The molecule has 1 aromatic heterocycles. The van der Waals surface area contributed by atoms with Crippen molar-refractivity contribution >= 4 is 29.4 Å². The van der Waals surface area contributed by atoms with Crippen LogP contribution in [0, 0.1) is 0 Å². The molecule has 0 radical (unpaired) electrons. The van der Waals surface area contributed by atoms with Crippen LogP contribution in [-0.4, -0.2) is 43.2 Å². The molecule has 1 unspecified atom stereocenters. The molecule has 0 bridgehead atoms. The summed E-state index contributed by atoms with van der Waals surface area (Å²) in [5.41, 5.74) is 5.86. The Morgan fingerprint density at radius 2 is 2.00 bits per heavy atom. The minimum Gasteiger partial charge on any atom is -0.468 e. The van der Waals surface area contributed by atoms with Gasteiger partial charge in [-0.25, -0.2) is 4.79 Å². The first-order valence-electron chi connectivity index (χ1n) is 8.22. The Morgan fingerprint density at radius 3 is 2.65 bits per heavy atom. The smallest absolute Gasteiger partial charge is 0.319 e. The molecule has 7 nitrogen and oxygen atoms in total. The molecular formula is C18H24N4O3S. The highest BCUT2D eigenvalue weighted by molar-refractivity contribution is 7.99. The number of furan rings is 1. The van der Waals surface area contributed by atoms with Crippen LogP contribution in [0.5, 0.6) is 0 Å². The van der Waals surface area contributed by atoms with Crippen molar-refractivity contribution in [3.8, 4) is 0 Å². The second kappa shape index (κ2) is 9.88. The molecule has 1 heterocycles. The molecule has 0 saturated carbocycles. The van der Waals surface area contributed by atoms with E-state index in [2.05, 4.69) is 10.6 Å². The van der Waals surface area contributed by atoms with Gasteiger partial charge < -0.3 is 20.8 Å². The molecule has 0 saturated heterocycles. The molecular weight excluding hydrogens is 352 g/mol. The summed E-state index contributed by atoms with van der Waals surface area (Å²) in [4.78, 5) is 26.0. The summed E-state index contributed by atoms with van der Waals surface area (Å²) in [5, 5.41) is 5.72. The summed E-state index contributed by atoms with van der Waals surface area (Å²) in [6, 6.07) is 10.8. The summed E-state index contributed by atoms with van der Waals surface area (Å²) in [5.74, 6) is 1.02. The van der Waals surface area contributed by atoms with Crippen molar-refractivity contribution in [3.63, 3.8) is 0 Å². The lowest BCUT2D eigenvalue weighted by molar-refractivity contribution is -0.117. The first-order valence-corrected chi connectivity index (χ1v) is 9.20. The molecule has 0 fully saturated rings. The van der Waals surface area contributed by atoms with Crippen molar-refractivity contribution < 1.29 is 14.0 Å². The minimum absolute atomic E-state index is 0.0593. The van der Waals surface area contributed by atoms with E-state index in [0.717, 1.165) is 10.7 Å². The number of nitrogens with two attached hydrogens (primary N) is 1. The van der Waals surface area contributed by atoms with Gasteiger partial charge in [0.25, 0.3) is 0 Å². The molecule has 3 amide bonds. The van der Waals surface area contributed by atoms with Crippen LogP contribution in [0.15, 0.2) is 52.0 Å². The number of amides is 3. The number of benzene rings is 1. The third kappa shape index (κ3) is 6.12. The maximum atomic E-state index is 12.3. The second-order valence-electron chi connectivity index (χ2n) is 5.89. The maximum absolute atomic E-state index is 12.3. The fourth-order valence-corrected chi connectivity index (χ4v) is 3.30. The van der Waals surface area contributed by atoms with Crippen LogP contribution >= 0.6 is 11.8 Å². The number of thioether (sulfide) groups is 1. The Balaban J connectivity index is 1.92. The highest BCUT2D eigenvalue weighted by Crippen LogP contribution is 2.27. The van der Waals surface area contributed by atoms with Gasteiger partial charge in [-0.1, -0.05) is 12.1 Å². The zero-order valence-corrected chi connectivity index (χ0v) is 15.7. The Hall–Kier alpha value is -2.45. The quantitative estimate of drug-likeness (QED) is 0.584. The van der Waals surface area contributed by atoms with Crippen molar-refractivity contribution in [1.29, 1.82) is 0 Å². The van der Waals surface area contributed by atoms with Crippen LogP contribution < -0.4 is 16.4 Å². The highest BCUT2D eigenvalue weighted by Gasteiger charge is 2.18. The number of para-hydroxylation sites is 1. The Bertz CT molecular complexity index is 719. The van der Waals surface area contributed by atoms with Crippen molar-refractivity contribution in [2.45, 2.75) is 17.4 Å². The molecule has 2 aromatic rings. The number of likely N-dealkylation sites (N-methyl/N-ethyl adjacent to an activating group) is 1. The zero-order chi connectivity index (χ0) is 18.9. The minimum atomic E-state index is -0.340. The van der Waals surface area contributed by atoms with Gasteiger partial charge in [-0.15, -0.1) is 11.8 Å². The lowest BCUT2D eigenvalue weighted by Gasteiger charge is -2.22. The van der Waals surface area contributed by atoms with E-state index in [1.165, 1.54) is 11.8 Å². The van der Waals surface area contributed by atoms with Crippen LogP contribution in [0.4, 0.5) is 10.5 Å². The van der Waals surface area contributed by atoms with Gasteiger partial charge in [-0.2, -0.15) is 0 Å². The number of anilines is 1. The summed E-state index contributed by atoms with van der Waals surface area (Å²) in [7, 11) is 3.86. The number of rotatable bonds is 9. The number of carbonyl (C=O) groups is 2. The standard InChI is InChI=1S/C18H24N4O3S/c1-22(2)14(15-7-5-10-25-15)12-20-18(24)21-13-6-3-4-8-16(13)26-11-9-17(19)23/h3-8,10,14H,9,11-12H2,1-2H3,(H2,19,23)(H2,20,21,24). The van der Waals surface area contributed by atoms with Crippen LogP contribution in [0.2, 0.25) is 0 Å².